The Hall–Kier alpha value is -0.340. The Kier molecular flexibility index (Phi) is 8.47. The van der Waals surface area contributed by atoms with Crippen LogP contribution in [0.4, 0.5) is 0 Å². The van der Waals surface area contributed by atoms with Gasteiger partial charge in [0.1, 0.15) is 0 Å². The van der Waals surface area contributed by atoms with Crippen LogP contribution in [0.15, 0.2) is 16.6 Å². The molecule has 1 rings (SSSR count). The van der Waals surface area contributed by atoms with Crippen molar-refractivity contribution in [3.63, 3.8) is 0 Å². The van der Waals surface area contributed by atoms with Crippen LogP contribution in [-0.2, 0) is 0 Å². The Morgan fingerprint density at radius 1 is 0.950 bits per heavy atom. The molecular formula is C18H30BrN. The molecule has 2 N–H and O–H groups in total. The van der Waals surface area contributed by atoms with Gasteiger partial charge in [-0.15, -0.1) is 0 Å². The van der Waals surface area contributed by atoms with Gasteiger partial charge in [-0.2, -0.15) is 0 Å². The van der Waals surface area contributed by atoms with Gasteiger partial charge in [0.05, 0.1) is 0 Å². The van der Waals surface area contributed by atoms with E-state index in [1.165, 1.54) is 66.1 Å². The normalized spacial score (nSPS) is 12.7. The van der Waals surface area contributed by atoms with Crippen molar-refractivity contribution in [1.29, 1.82) is 0 Å². The van der Waals surface area contributed by atoms with Gasteiger partial charge in [-0.25, -0.2) is 0 Å². The summed E-state index contributed by atoms with van der Waals surface area (Å²) in [6, 6.07) is 4.62. The van der Waals surface area contributed by atoms with Crippen molar-refractivity contribution >= 4 is 15.9 Å². The highest BCUT2D eigenvalue weighted by atomic mass is 79.9. The standard InChI is InChI=1S/C18H30BrN/c1-4-5-6-7-8-9-10-11-18(20)16-12-15(3)17(19)13-14(16)2/h12-13,18H,4-11,20H2,1-3H3. The summed E-state index contributed by atoms with van der Waals surface area (Å²) in [6.07, 6.45) is 10.5. The van der Waals surface area contributed by atoms with Crippen LogP contribution in [0.25, 0.3) is 0 Å². The van der Waals surface area contributed by atoms with E-state index in [-0.39, 0.29) is 6.04 Å². The van der Waals surface area contributed by atoms with E-state index in [4.69, 9.17) is 5.73 Å². The molecule has 0 fully saturated rings. The van der Waals surface area contributed by atoms with Crippen LogP contribution in [0.1, 0.15) is 81.0 Å². The first-order valence-electron chi connectivity index (χ1n) is 8.08. The van der Waals surface area contributed by atoms with Crippen LogP contribution in [0.3, 0.4) is 0 Å². The van der Waals surface area contributed by atoms with E-state index in [1.54, 1.807) is 0 Å². The first-order valence-corrected chi connectivity index (χ1v) is 8.87. The molecule has 0 heterocycles. The monoisotopic (exact) mass is 339 g/mol. The fourth-order valence-corrected chi connectivity index (χ4v) is 3.14. The molecule has 1 nitrogen and oxygen atoms in total. The van der Waals surface area contributed by atoms with E-state index >= 15 is 0 Å². The van der Waals surface area contributed by atoms with E-state index in [9.17, 15) is 0 Å². The molecule has 1 atom stereocenters. The van der Waals surface area contributed by atoms with Gasteiger partial charge in [0.2, 0.25) is 0 Å². The van der Waals surface area contributed by atoms with E-state index in [0.717, 1.165) is 6.42 Å². The summed E-state index contributed by atoms with van der Waals surface area (Å²) in [5, 5.41) is 0. The number of hydrogen-bond acceptors (Lipinski definition) is 1. The molecule has 20 heavy (non-hydrogen) atoms. The lowest BCUT2D eigenvalue weighted by molar-refractivity contribution is 0.540. The number of halogens is 1. The maximum Gasteiger partial charge on any atom is 0.0297 e. The molecule has 0 amide bonds. The van der Waals surface area contributed by atoms with Gasteiger partial charge < -0.3 is 5.73 Å². The smallest absolute Gasteiger partial charge is 0.0297 e. The van der Waals surface area contributed by atoms with Crippen LogP contribution in [-0.4, -0.2) is 0 Å². The van der Waals surface area contributed by atoms with Crippen molar-refractivity contribution in [3.8, 4) is 0 Å². The number of unbranched alkanes of at least 4 members (excludes halogenated alkanes) is 6. The topological polar surface area (TPSA) is 26.0 Å². The maximum atomic E-state index is 6.36. The van der Waals surface area contributed by atoms with E-state index in [2.05, 4.69) is 48.8 Å². The summed E-state index contributed by atoms with van der Waals surface area (Å²) >= 11 is 3.58. The molecule has 1 aromatic carbocycles. The van der Waals surface area contributed by atoms with Gasteiger partial charge in [0, 0.05) is 10.5 Å². The molecule has 0 bridgehead atoms. The minimum absolute atomic E-state index is 0.192. The number of aryl methyl sites for hydroxylation is 2. The van der Waals surface area contributed by atoms with E-state index in [0.29, 0.717) is 0 Å². The average molecular weight is 340 g/mol. The predicted octanol–water partition coefficient (Wildman–Crippen LogP) is 6.21. The van der Waals surface area contributed by atoms with Crippen LogP contribution >= 0.6 is 15.9 Å². The lowest BCUT2D eigenvalue weighted by atomic mass is 9.95. The first-order chi connectivity index (χ1) is 9.56. The van der Waals surface area contributed by atoms with Crippen molar-refractivity contribution in [2.75, 3.05) is 0 Å². The molecule has 1 unspecified atom stereocenters. The molecule has 0 radical (unpaired) electrons. The van der Waals surface area contributed by atoms with Crippen molar-refractivity contribution < 1.29 is 0 Å². The van der Waals surface area contributed by atoms with Crippen molar-refractivity contribution in [1.82, 2.24) is 0 Å². The molecule has 0 aliphatic heterocycles. The SMILES string of the molecule is CCCCCCCCCC(N)c1cc(C)c(Br)cc1C. The molecule has 0 aliphatic carbocycles. The Morgan fingerprint density at radius 3 is 2.20 bits per heavy atom. The number of nitrogens with two attached hydrogens (primary N) is 1. The lowest BCUT2D eigenvalue weighted by Gasteiger charge is -2.16. The predicted molar refractivity (Wildman–Crippen MR) is 93.2 cm³/mol. The van der Waals surface area contributed by atoms with E-state index < -0.39 is 0 Å². The number of benzene rings is 1. The summed E-state index contributed by atoms with van der Waals surface area (Å²) in [5.41, 5.74) is 10.3. The summed E-state index contributed by atoms with van der Waals surface area (Å²) < 4.78 is 1.18. The molecule has 0 saturated carbocycles. The molecule has 1 aromatic rings. The second kappa shape index (κ2) is 9.57. The largest absolute Gasteiger partial charge is 0.324 e. The molecule has 114 valence electrons. The van der Waals surface area contributed by atoms with Gasteiger partial charge in [-0.05, 0) is 43.0 Å². The van der Waals surface area contributed by atoms with Gasteiger partial charge in [0.25, 0.3) is 0 Å². The Bertz CT molecular complexity index is 401. The van der Waals surface area contributed by atoms with E-state index in [1.807, 2.05) is 0 Å². The fourth-order valence-electron chi connectivity index (χ4n) is 2.68. The van der Waals surface area contributed by atoms with Crippen LogP contribution in [0.5, 0.6) is 0 Å². The summed E-state index contributed by atoms with van der Waals surface area (Å²) in [7, 11) is 0. The third-order valence-corrected chi connectivity index (χ3v) is 4.92. The zero-order valence-corrected chi connectivity index (χ0v) is 14.9. The Balaban J connectivity index is 2.32. The second-order valence-corrected chi connectivity index (χ2v) is 6.83. The van der Waals surface area contributed by atoms with Gasteiger partial charge in [-0.3, -0.25) is 0 Å². The van der Waals surface area contributed by atoms with Crippen molar-refractivity contribution in [3.05, 3.63) is 33.3 Å². The molecule has 0 spiro atoms. The molecule has 0 aromatic heterocycles. The number of rotatable bonds is 9. The molecule has 0 aliphatic rings. The van der Waals surface area contributed by atoms with Crippen molar-refractivity contribution in [2.45, 2.75) is 78.2 Å². The quantitative estimate of drug-likeness (QED) is 0.532. The van der Waals surface area contributed by atoms with Gasteiger partial charge >= 0.3 is 0 Å². The third kappa shape index (κ3) is 5.97. The maximum absolute atomic E-state index is 6.36. The zero-order chi connectivity index (χ0) is 15.0. The highest BCUT2D eigenvalue weighted by Crippen LogP contribution is 2.27. The first kappa shape index (κ1) is 17.7. The average Bonchev–Trinajstić information content (AvgIpc) is 2.41. The fraction of sp³-hybridized carbons (Fsp3) is 0.667. The minimum atomic E-state index is 0.192. The summed E-state index contributed by atoms with van der Waals surface area (Å²) in [4.78, 5) is 0. The number of hydrogen-bond donors (Lipinski definition) is 1. The Labute approximate surface area is 133 Å². The highest BCUT2D eigenvalue weighted by molar-refractivity contribution is 9.10. The zero-order valence-electron chi connectivity index (χ0n) is 13.3. The van der Waals surface area contributed by atoms with Gasteiger partial charge in [0.15, 0.2) is 0 Å². The summed E-state index contributed by atoms with van der Waals surface area (Å²) in [6.45, 7) is 6.55. The minimum Gasteiger partial charge on any atom is -0.324 e. The molecule has 2 heteroatoms. The molecule has 0 saturated heterocycles. The third-order valence-electron chi connectivity index (χ3n) is 4.07. The molecular weight excluding hydrogens is 310 g/mol. The summed E-state index contributed by atoms with van der Waals surface area (Å²) in [5.74, 6) is 0. The van der Waals surface area contributed by atoms with Crippen LogP contribution in [0.2, 0.25) is 0 Å². The Morgan fingerprint density at radius 2 is 1.55 bits per heavy atom. The second-order valence-electron chi connectivity index (χ2n) is 5.97. The highest BCUT2D eigenvalue weighted by Gasteiger charge is 2.10. The lowest BCUT2D eigenvalue weighted by Crippen LogP contribution is -2.12. The van der Waals surface area contributed by atoms with Crippen molar-refractivity contribution in [2.24, 2.45) is 5.73 Å². The van der Waals surface area contributed by atoms with Crippen LogP contribution < -0.4 is 5.73 Å². The van der Waals surface area contributed by atoms with Crippen LogP contribution in [0, 0.1) is 13.8 Å². The van der Waals surface area contributed by atoms with Gasteiger partial charge in [-0.1, -0.05) is 73.9 Å².